The lowest BCUT2D eigenvalue weighted by molar-refractivity contribution is -0.141. The first-order chi connectivity index (χ1) is 14.9. The number of aliphatic hydroxyl groups excluding tert-OH is 1. The van der Waals surface area contributed by atoms with Crippen molar-refractivity contribution < 1.29 is 11.3 Å². The van der Waals surface area contributed by atoms with E-state index in [0.29, 0.717) is 32.6 Å². The molecular formula is C25H32N4O2. The second-order valence-electron chi connectivity index (χ2n) is 8.66. The monoisotopic (exact) mass is 420 g/mol. The molecule has 1 amide bonds. The van der Waals surface area contributed by atoms with Gasteiger partial charge in [0.15, 0.2) is 5.82 Å². The Morgan fingerprint density at radius 3 is 2.42 bits per heavy atom. The van der Waals surface area contributed by atoms with Crippen molar-refractivity contribution in [2.45, 2.75) is 33.3 Å². The summed E-state index contributed by atoms with van der Waals surface area (Å²) < 4.78 is 0. The number of carbonyl (C=O) groups is 1. The molecule has 1 aliphatic rings. The lowest BCUT2D eigenvalue weighted by Crippen LogP contribution is -2.52. The van der Waals surface area contributed by atoms with Gasteiger partial charge in [0.1, 0.15) is 11.9 Å². The molecule has 2 heterocycles. The molecular weight excluding hydrogens is 388 g/mol. The quantitative estimate of drug-likeness (QED) is 0.678. The average molecular weight is 421 g/mol. The molecule has 0 aliphatic carbocycles. The zero-order valence-corrected chi connectivity index (χ0v) is 18.5. The van der Waals surface area contributed by atoms with Crippen LogP contribution in [0.5, 0.6) is 0 Å². The van der Waals surface area contributed by atoms with Gasteiger partial charge in [0.25, 0.3) is 5.91 Å². The fraction of sp³-hybridized carbons (Fsp3) is 0.400. The maximum absolute atomic E-state index is 12.6. The molecule has 6 heteroatoms. The summed E-state index contributed by atoms with van der Waals surface area (Å²) in [6.45, 7) is 8.60. The number of hydrogen-bond acceptors (Lipinski definition) is 5. The summed E-state index contributed by atoms with van der Waals surface area (Å²) >= 11 is 0. The number of nitrogens with zero attached hydrogens (tertiary/aromatic N) is 4. The van der Waals surface area contributed by atoms with E-state index in [2.05, 4.69) is 30.0 Å². The van der Waals surface area contributed by atoms with Gasteiger partial charge in [-0.25, -0.2) is 9.97 Å². The standard InChI is InChI=1S/C25H30N4O2.H2/c1-17(2)16-22(30)25(31)29-14-12-28(13-15-29)24-20-10-6-7-11-21(20)26-23(27-24)19-9-5-4-8-18(19)3;/h4-11,17,22,30H,12-16H2,1-3H3;1H. The highest BCUT2D eigenvalue weighted by atomic mass is 16.3. The summed E-state index contributed by atoms with van der Waals surface area (Å²) in [5.41, 5.74) is 3.08. The fourth-order valence-electron chi connectivity index (χ4n) is 4.14. The Labute approximate surface area is 185 Å². The van der Waals surface area contributed by atoms with Gasteiger partial charge in [-0.1, -0.05) is 50.2 Å². The van der Waals surface area contributed by atoms with Crippen LogP contribution in [0.4, 0.5) is 5.82 Å². The van der Waals surface area contributed by atoms with E-state index in [-0.39, 0.29) is 13.3 Å². The van der Waals surface area contributed by atoms with Crippen LogP contribution >= 0.6 is 0 Å². The van der Waals surface area contributed by atoms with E-state index in [0.717, 1.165) is 33.7 Å². The molecule has 1 saturated heterocycles. The lowest BCUT2D eigenvalue weighted by atomic mass is 10.0. The summed E-state index contributed by atoms with van der Waals surface area (Å²) in [6.07, 6.45) is -0.422. The number of amides is 1. The molecule has 3 aromatic rings. The van der Waals surface area contributed by atoms with Crippen molar-refractivity contribution in [3.8, 4) is 11.4 Å². The van der Waals surface area contributed by atoms with E-state index >= 15 is 0 Å². The van der Waals surface area contributed by atoms with Crippen molar-refractivity contribution in [2.24, 2.45) is 5.92 Å². The van der Waals surface area contributed by atoms with Crippen molar-refractivity contribution in [3.63, 3.8) is 0 Å². The summed E-state index contributed by atoms with van der Waals surface area (Å²) in [5, 5.41) is 11.2. The van der Waals surface area contributed by atoms with Crippen LogP contribution in [0.2, 0.25) is 0 Å². The molecule has 6 nitrogen and oxygen atoms in total. The molecule has 0 spiro atoms. The molecule has 31 heavy (non-hydrogen) atoms. The Morgan fingerprint density at radius 2 is 1.71 bits per heavy atom. The van der Waals surface area contributed by atoms with Crippen LogP contribution in [0.15, 0.2) is 48.5 Å². The molecule has 4 rings (SSSR count). The fourth-order valence-corrected chi connectivity index (χ4v) is 4.14. The van der Waals surface area contributed by atoms with Gasteiger partial charge in [0, 0.05) is 38.6 Å². The van der Waals surface area contributed by atoms with E-state index < -0.39 is 6.10 Å². The highest BCUT2D eigenvalue weighted by molar-refractivity contribution is 5.91. The van der Waals surface area contributed by atoms with E-state index in [1.807, 2.05) is 44.2 Å². The summed E-state index contributed by atoms with van der Waals surface area (Å²) in [7, 11) is 0. The Morgan fingerprint density at radius 1 is 1.03 bits per heavy atom. The maximum atomic E-state index is 12.6. The first-order valence-electron chi connectivity index (χ1n) is 11.0. The number of aryl methyl sites for hydroxylation is 1. The van der Waals surface area contributed by atoms with Gasteiger partial charge in [0.05, 0.1) is 5.52 Å². The number of rotatable bonds is 5. The SMILES string of the molecule is Cc1ccccc1-c1nc(N2CCN(C(=O)C(O)CC(C)C)CC2)c2ccccc2n1.[HH]. The zero-order chi connectivity index (χ0) is 22.0. The van der Waals surface area contributed by atoms with E-state index in [1.165, 1.54) is 0 Å². The molecule has 1 unspecified atom stereocenters. The third kappa shape index (κ3) is 4.54. The molecule has 1 aromatic heterocycles. The largest absolute Gasteiger partial charge is 0.383 e. The van der Waals surface area contributed by atoms with Crippen molar-refractivity contribution in [3.05, 3.63) is 54.1 Å². The van der Waals surface area contributed by atoms with Gasteiger partial charge in [-0.2, -0.15) is 0 Å². The van der Waals surface area contributed by atoms with Gasteiger partial charge >= 0.3 is 0 Å². The Balaban J connectivity index is 0.00000289. The summed E-state index contributed by atoms with van der Waals surface area (Å²) in [4.78, 5) is 26.4. The third-order valence-electron chi connectivity index (χ3n) is 5.84. The first kappa shape index (κ1) is 21.2. The van der Waals surface area contributed by atoms with Crippen LogP contribution in [-0.2, 0) is 4.79 Å². The number of para-hydroxylation sites is 1. The minimum atomic E-state index is -0.918. The topological polar surface area (TPSA) is 69.6 Å². The average Bonchev–Trinajstić information content (AvgIpc) is 2.78. The minimum absolute atomic E-state index is 0. The van der Waals surface area contributed by atoms with Crippen LogP contribution in [-0.4, -0.2) is 58.2 Å². The number of aliphatic hydroxyl groups is 1. The van der Waals surface area contributed by atoms with Crippen LogP contribution in [0.25, 0.3) is 22.3 Å². The van der Waals surface area contributed by atoms with Crippen LogP contribution in [0.1, 0.15) is 27.3 Å². The molecule has 1 aliphatic heterocycles. The van der Waals surface area contributed by atoms with E-state index in [1.54, 1.807) is 4.90 Å². The van der Waals surface area contributed by atoms with Crippen molar-refractivity contribution in [1.82, 2.24) is 14.9 Å². The molecule has 1 atom stereocenters. The molecule has 1 N–H and O–H groups in total. The predicted molar refractivity (Wildman–Crippen MR) is 126 cm³/mol. The van der Waals surface area contributed by atoms with Gasteiger partial charge in [-0.15, -0.1) is 0 Å². The highest BCUT2D eigenvalue weighted by Crippen LogP contribution is 2.29. The van der Waals surface area contributed by atoms with Crippen molar-refractivity contribution in [2.75, 3.05) is 31.1 Å². The Bertz CT molecular complexity index is 1080. The number of fused-ring (bicyclic) bond motifs is 1. The molecule has 164 valence electrons. The normalized spacial score (nSPS) is 15.5. The molecule has 1 fully saturated rings. The number of aromatic nitrogens is 2. The van der Waals surface area contributed by atoms with E-state index in [4.69, 9.17) is 9.97 Å². The predicted octanol–water partition coefficient (Wildman–Crippen LogP) is 3.91. The van der Waals surface area contributed by atoms with Gasteiger partial charge in [-0.05, 0) is 37.0 Å². The number of hydrogen-bond donors (Lipinski definition) is 1. The van der Waals surface area contributed by atoms with Crippen molar-refractivity contribution in [1.29, 1.82) is 0 Å². The Kier molecular flexibility index (Phi) is 6.18. The Hall–Kier alpha value is -2.99. The van der Waals surface area contributed by atoms with Gasteiger partial charge in [0.2, 0.25) is 0 Å². The number of benzene rings is 2. The van der Waals surface area contributed by atoms with E-state index in [9.17, 15) is 9.90 Å². The summed E-state index contributed by atoms with van der Waals surface area (Å²) in [6, 6.07) is 16.2. The van der Waals surface area contributed by atoms with Crippen LogP contribution in [0, 0.1) is 12.8 Å². The van der Waals surface area contributed by atoms with Gasteiger partial charge in [-0.3, -0.25) is 4.79 Å². The summed E-state index contributed by atoms with van der Waals surface area (Å²) in [5.74, 6) is 1.74. The lowest BCUT2D eigenvalue weighted by Gasteiger charge is -2.37. The molecule has 0 radical (unpaired) electrons. The number of anilines is 1. The first-order valence-corrected chi connectivity index (χ1v) is 11.0. The van der Waals surface area contributed by atoms with Crippen LogP contribution < -0.4 is 4.90 Å². The smallest absolute Gasteiger partial charge is 0.251 e. The second-order valence-corrected chi connectivity index (χ2v) is 8.66. The zero-order valence-electron chi connectivity index (χ0n) is 18.5. The minimum Gasteiger partial charge on any atom is -0.383 e. The molecule has 0 bridgehead atoms. The van der Waals surface area contributed by atoms with Crippen molar-refractivity contribution >= 4 is 22.6 Å². The number of carbonyl (C=O) groups excluding carboxylic acids is 1. The maximum Gasteiger partial charge on any atom is 0.251 e. The van der Waals surface area contributed by atoms with Gasteiger partial charge < -0.3 is 14.9 Å². The highest BCUT2D eigenvalue weighted by Gasteiger charge is 2.28. The molecule has 0 saturated carbocycles. The number of piperazine rings is 1. The second kappa shape index (κ2) is 9.02. The molecule has 2 aromatic carbocycles. The van der Waals surface area contributed by atoms with Crippen LogP contribution in [0.3, 0.4) is 0 Å². The third-order valence-corrected chi connectivity index (χ3v) is 5.84.